The zero-order chi connectivity index (χ0) is 21.1. The van der Waals surface area contributed by atoms with Crippen molar-refractivity contribution in [1.29, 1.82) is 0 Å². The molecule has 1 aromatic heterocycles. The number of nitrogens with zero attached hydrogens (tertiary/aromatic N) is 2. The third kappa shape index (κ3) is 3.78. The minimum absolute atomic E-state index is 0.0535. The molecule has 7 nitrogen and oxygen atoms in total. The van der Waals surface area contributed by atoms with Gasteiger partial charge in [0, 0.05) is 18.7 Å². The topological polar surface area (TPSA) is 93.5 Å². The molecule has 2 N–H and O–H groups in total. The number of nitrogens with one attached hydrogen (secondary N) is 1. The number of carbonyl (C=O) groups excluding carboxylic acids is 1. The summed E-state index contributed by atoms with van der Waals surface area (Å²) < 4.78 is 7.21. The number of hydrogen-bond acceptors (Lipinski definition) is 4. The molecule has 0 fully saturated rings. The number of aliphatic carboxylic acids is 1. The van der Waals surface area contributed by atoms with E-state index in [4.69, 9.17) is 4.74 Å². The Kier molecular flexibility index (Phi) is 5.52. The number of rotatable bonds is 7. The number of aromatic nitrogens is 2. The molecule has 0 radical (unpaired) electrons. The third-order valence-electron chi connectivity index (χ3n) is 5.42. The Hall–Kier alpha value is -3.61. The van der Waals surface area contributed by atoms with Crippen LogP contribution in [0.15, 0.2) is 60.8 Å². The summed E-state index contributed by atoms with van der Waals surface area (Å²) in [6, 6.07) is 17.2. The largest absolute Gasteiger partial charge is 0.481 e. The third-order valence-corrected chi connectivity index (χ3v) is 5.42. The standard InChI is InChI=1S/C23H23N3O4/c1-2-26-21(11-12-24-26)20(13-22(27)28)25-23(29)30-14-19-17-9-5-3-7-15(17)16-8-4-6-10-18(16)19/h3-12,19-20H,2,13-14H2,1H3,(H,25,29)(H,27,28). The summed E-state index contributed by atoms with van der Waals surface area (Å²) in [5.41, 5.74) is 5.18. The maximum Gasteiger partial charge on any atom is 0.407 e. The van der Waals surface area contributed by atoms with Crippen molar-refractivity contribution < 1.29 is 19.4 Å². The molecule has 0 saturated heterocycles. The molecule has 7 heteroatoms. The summed E-state index contributed by atoms with van der Waals surface area (Å²) in [4.78, 5) is 23.9. The average molecular weight is 405 g/mol. The second-order valence-electron chi connectivity index (χ2n) is 7.19. The number of carbonyl (C=O) groups is 2. The van der Waals surface area contributed by atoms with Crippen molar-refractivity contribution in [3.8, 4) is 11.1 Å². The van der Waals surface area contributed by atoms with Crippen LogP contribution in [-0.2, 0) is 16.1 Å². The smallest absolute Gasteiger partial charge is 0.407 e. The Labute approximate surface area is 174 Å². The van der Waals surface area contributed by atoms with E-state index in [0.29, 0.717) is 12.2 Å². The van der Waals surface area contributed by atoms with Crippen LogP contribution in [0.5, 0.6) is 0 Å². The Morgan fingerprint density at radius 3 is 2.33 bits per heavy atom. The Morgan fingerprint density at radius 2 is 1.73 bits per heavy atom. The first-order valence-corrected chi connectivity index (χ1v) is 9.93. The summed E-state index contributed by atoms with van der Waals surface area (Å²) in [6.07, 6.45) is 0.690. The predicted octanol–water partition coefficient (Wildman–Crippen LogP) is 3.96. The second kappa shape index (κ2) is 8.41. The highest BCUT2D eigenvalue weighted by Crippen LogP contribution is 2.44. The lowest BCUT2D eigenvalue weighted by Gasteiger charge is -2.19. The monoisotopic (exact) mass is 405 g/mol. The molecule has 2 aromatic carbocycles. The average Bonchev–Trinajstić information content (AvgIpc) is 3.34. The molecule has 154 valence electrons. The van der Waals surface area contributed by atoms with Gasteiger partial charge in [-0.3, -0.25) is 9.48 Å². The Bertz CT molecular complexity index is 1030. The molecular formula is C23H23N3O4. The van der Waals surface area contributed by atoms with E-state index in [-0.39, 0.29) is 18.9 Å². The van der Waals surface area contributed by atoms with Gasteiger partial charge in [-0.1, -0.05) is 48.5 Å². The molecule has 1 amide bonds. The predicted molar refractivity (Wildman–Crippen MR) is 111 cm³/mol. The minimum atomic E-state index is -1.01. The summed E-state index contributed by atoms with van der Waals surface area (Å²) >= 11 is 0. The molecule has 0 bridgehead atoms. The number of aryl methyl sites for hydroxylation is 1. The summed E-state index contributed by atoms with van der Waals surface area (Å²) in [7, 11) is 0. The molecule has 1 aliphatic carbocycles. The Balaban J connectivity index is 1.48. The molecule has 1 aliphatic rings. The summed E-state index contributed by atoms with van der Waals surface area (Å²) in [5, 5.41) is 16.1. The van der Waals surface area contributed by atoms with E-state index in [9.17, 15) is 14.7 Å². The van der Waals surface area contributed by atoms with Gasteiger partial charge >= 0.3 is 12.1 Å². The van der Waals surface area contributed by atoms with Gasteiger partial charge in [0.15, 0.2) is 0 Å². The van der Waals surface area contributed by atoms with E-state index in [2.05, 4.69) is 22.5 Å². The molecule has 1 atom stereocenters. The van der Waals surface area contributed by atoms with E-state index in [1.165, 1.54) is 0 Å². The number of amides is 1. The van der Waals surface area contributed by atoms with Crippen LogP contribution >= 0.6 is 0 Å². The summed E-state index contributed by atoms with van der Waals surface area (Å²) in [6.45, 7) is 2.65. The van der Waals surface area contributed by atoms with Gasteiger partial charge in [-0.15, -0.1) is 0 Å². The fourth-order valence-corrected chi connectivity index (χ4v) is 4.09. The van der Waals surface area contributed by atoms with Gasteiger partial charge in [-0.2, -0.15) is 5.10 Å². The Morgan fingerprint density at radius 1 is 1.10 bits per heavy atom. The number of fused-ring (bicyclic) bond motifs is 3. The van der Waals surface area contributed by atoms with Crippen molar-refractivity contribution in [1.82, 2.24) is 15.1 Å². The second-order valence-corrected chi connectivity index (χ2v) is 7.19. The van der Waals surface area contributed by atoms with Crippen LogP contribution in [-0.4, -0.2) is 33.6 Å². The molecule has 0 spiro atoms. The molecular weight excluding hydrogens is 382 g/mol. The molecule has 0 saturated carbocycles. The molecule has 30 heavy (non-hydrogen) atoms. The minimum Gasteiger partial charge on any atom is -0.481 e. The van der Waals surface area contributed by atoms with E-state index in [1.54, 1.807) is 16.9 Å². The lowest BCUT2D eigenvalue weighted by Crippen LogP contribution is -2.33. The number of hydrogen-bond donors (Lipinski definition) is 2. The van der Waals surface area contributed by atoms with Crippen molar-refractivity contribution in [2.45, 2.75) is 31.8 Å². The van der Waals surface area contributed by atoms with Crippen molar-refractivity contribution in [3.05, 3.63) is 77.6 Å². The van der Waals surface area contributed by atoms with Gasteiger partial charge in [-0.25, -0.2) is 4.79 Å². The van der Waals surface area contributed by atoms with E-state index in [1.807, 2.05) is 43.3 Å². The van der Waals surface area contributed by atoms with E-state index >= 15 is 0 Å². The highest BCUT2D eigenvalue weighted by Gasteiger charge is 2.29. The molecule has 0 aliphatic heterocycles. The zero-order valence-electron chi connectivity index (χ0n) is 16.6. The maximum absolute atomic E-state index is 12.6. The van der Waals surface area contributed by atoms with Crippen molar-refractivity contribution in [2.24, 2.45) is 0 Å². The molecule has 3 aromatic rings. The van der Waals surface area contributed by atoms with Crippen LogP contribution in [0, 0.1) is 0 Å². The number of carboxylic acid groups (broad SMARTS) is 1. The fourth-order valence-electron chi connectivity index (χ4n) is 4.09. The van der Waals surface area contributed by atoms with Gasteiger partial charge in [0.05, 0.1) is 18.2 Å². The van der Waals surface area contributed by atoms with Gasteiger partial charge in [-0.05, 0) is 35.2 Å². The first kappa shape index (κ1) is 19.7. The fraction of sp³-hybridized carbons (Fsp3) is 0.261. The zero-order valence-corrected chi connectivity index (χ0v) is 16.6. The van der Waals surface area contributed by atoms with Crippen LogP contribution in [0.25, 0.3) is 11.1 Å². The van der Waals surface area contributed by atoms with Crippen LogP contribution in [0.1, 0.15) is 42.1 Å². The van der Waals surface area contributed by atoms with Crippen LogP contribution in [0.4, 0.5) is 4.79 Å². The molecule has 1 heterocycles. The highest BCUT2D eigenvalue weighted by atomic mass is 16.5. The maximum atomic E-state index is 12.6. The van der Waals surface area contributed by atoms with E-state index < -0.39 is 18.1 Å². The van der Waals surface area contributed by atoms with Gasteiger partial charge in [0.1, 0.15) is 6.61 Å². The van der Waals surface area contributed by atoms with Crippen molar-refractivity contribution >= 4 is 12.1 Å². The van der Waals surface area contributed by atoms with Crippen molar-refractivity contribution in [3.63, 3.8) is 0 Å². The lowest BCUT2D eigenvalue weighted by molar-refractivity contribution is -0.137. The van der Waals surface area contributed by atoms with Crippen molar-refractivity contribution in [2.75, 3.05) is 6.61 Å². The lowest BCUT2D eigenvalue weighted by atomic mass is 9.98. The van der Waals surface area contributed by atoms with E-state index in [0.717, 1.165) is 22.3 Å². The quantitative estimate of drug-likeness (QED) is 0.621. The van der Waals surface area contributed by atoms with Crippen LogP contribution in [0.3, 0.4) is 0 Å². The van der Waals surface area contributed by atoms with Gasteiger partial charge in [0.2, 0.25) is 0 Å². The molecule has 1 unspecified atom stereocenters. The molecule has 4 rings (SSSR count). The number of ether oxygens (including phenoxy) is 1. The number of benzene rings is 2. The number of carboxylic acids is 1. The first-order valence-electron chi connectivity index (χ1n) is 9.93. The van der Waals surface area contributed by atoms with Gasteiger partial charge < -0.3 is 15.2 Å². The SMILES string of the molecule is CCn1nccc1C(CC(=O)O)NC(=O)OCC1c2ccccc2-c2ccccc21. The van der Waals surface area contributed by atoms with Crippen LogP contribution in [0.2, 0.25) is 0 Å². The number of alkyl carbamates (subject to hydrolysis) is 1. The normalized spacial score (nSPS) is 13.4. The van der Waals surface area contributed by atoms with Crippen LogP contribution < -0.4 is 5.32 Å². The first-order chi connectivity index (χ1) is 14.6. The summed E-state index contributed by atoms with van der Waals surface area (Å²) in [5.74, 6) is -1.06. The highest BCUT2D eigenvalue weighted by molar-refractivity contribution is 5.79. The van der Waals surface area contributed by atoms with Gasteiger partial charge in [0.25, 0.3) is 0 Å².